The summed E-state index contributed by atoms with van der Waals surface area (Å²) < 4.78 is 13.3. The van der Waals surface area contributed by atoms with Gasteiger partial charge in [0.05, 0.1) is 4.88 Å². The summed E-state index contributed by atoms with van der Waals surface area (Å²) in [6.07, 6.45) is 0. The van der Waals surface area contributed by atoms with Crippen LogP contribution in [-0.4, -0.2) is 34.7 Å². The summed E-state index contributed by atoms with van der Waals surface area (Å²) in [6, 6.07) is 16.9. The monoisotopic (exact) mass is 378 g/mol. The van der Waals surface area contributed by atoms with Gasteiger partial charge in [0, 0.05) is 29.8 Å². The Hall–Kier alpha value is -2.99. The number of hydrogen-bond acceptors (Lipinski definition) is 3. The van der Waals surface area contributed by atoms with Crippen LogP contribution in [0.5, 0.6) is 0 Å². The normalized spacial score (nSPS) is 20.7. The van der Waals surface area contributed by atoms with Crippen molar-refractivity contribution in [3.63, 3.8) is 0 Å². The SMILES string of the molecule is O=C(c1ccc(F)cc1)N1CCN2C(=O)c3ccccc3C12c1cccs1. The number of fused-ring (bicyclic) bond motifs is 3. The summed E-state index contributed by atoms with van der Waals surface area (Å²) in [5.74, 6) is -0.659. The van der Waals surface area contributed by atoms with E-state index in [4.69, 9.17) is 0 Å². The maximum Gasteiger partial charge on any atom is 0.256 e. The first-order valence-electron chi connectivity index (χ1n) is 8.67. The van der Waals surface area contributed by atoms with Crippen LogP contribution in [0.3, 0.4) is 0 Å². The lowest BCUT2D eigenvalue weighted by atomic mass is 9.95. The van der Waals surface area contributed by atoms with Crippen molar-refractivity contribution in [2.75, 3.05) is 13.1 Å². The Balaban J connectivity index is 1.73. The predicted molar refractivity (Wildman–Crippen MR) is 100 cm³/mol. The first-order valence-corrected chi connectivity index (χ1v) is 9.55. The molecule has 3 heterocycles. The lowest BCUT2D eigenvalue weighted by Crippen LogP contribution is -2.51. The van der Waals surface area contributed by atoms with Crippen molar-refractivity contribution in [3.8, 4) is 0 Å². The van der Waals surface area contributed by atoms with Crippen LogP contribution in [-0.2, 0) is 5.66 Å². The van der Waals surface area contributed by atoms with E-state index in [0.29, 0.717) is 24.2 Å². The van der Waals surface area contributed by atoms with Crippen molar-refractivity contribution in [1.29, 1.82) is 0 Å². The van der Waals surface area contributed by atoms with Crippen molar-refractivity contribution in [3.05, 3.63) is 93.4 Å². The zero-order valence-corrected chi connectivity index (χ0v) is 15.1. The van der Waals surface area contributed by atoms with Crippen molar-refractivity contribution in [2.24, 2.45) is 0 Å². The molecule has 0 bridgehead atoms. The Kier molecular flexibility index (Phi) is 3.45. The summed E-state index contributed by atoms with van der Waals surface area (Å²) in [4.78, 5) is 30.9. The average Bonchev–Trinajstić information content (AvgIpc) is 3.39. The van der Waals surface area contributed by atoms with Gasteiger partial charge in [0.15, 0.2) is 5.66 Å². The maximum absolute atomic E-state index is 13.4. The van der Waals surface area contributed by atoms with Gasteiger partial charge in [0.2, 0.25) is 0 Å². The summed E-state index contributed by atoms with van der Waals surface area (Å²) >= 11 is 1.52. The molecule has 1 unspecified atom stereocenters. The number of halogens is 1. The van der Waals surface area contributed by atoms with Gasteiger partial charge in [-0.05, 0) is 41.8 Å². The Labute approximate surface area is 159 Å². The molecule has 0 saturated carbocycles. The number of nitrogens with zero attached hydrogens (tertiary/aromatic N) is 2. The summed E-state index contributed by atoms with van der Waals surface area (Å²) in [5, 5.41) is 1.95. The van der Waals surface area contributed by atoms with Crippen LogP contribution in [0.2, 0.25) is 0 Å². The largest absolute Gasteiger partial charge is 0.305 e. The highest BCUT2D eigenvalue weighted by Crippen LogP contribution is 2.51. The van der Waals surface area contributed by atoms with E-state index in [0.717, 1.165) is 10.4 Å². The smallest absolute Gasteiger partial charge is 0.256 e. The number of thiophene rings is 1. The van der Waals surface area contributed by atoms with Crippen molar-refractivity contribution in [1.82, 2.24) is 9.80 Å². The molecule has 1 aromatic heterocycles. The van der Waals surface area contributed by atoms with Crippen molar-refractivity contribution >= 4 is 23.2 Å². The van der Waals surface area contributed by atoms with E-state index in [1.54, 1.807) is 9.80 Å². The molecule has 6 heteroatoms. The van der Waals surface area contributed by atoms with Crippen LogP contribution < -0.4 is 0 Å². The van der Waals surface area contributed by atoms with E-state index >= 15 is 0 Å². The molecule has 5 rings (SSSR count). The van der Waals surface area contributed by atoms with Gasteiger partial charge >= 0.3 is 0 Å². The van der Waals surface area contributed by atoms with Crippen molar-refractivity contribution in [2.45, 2.75) is 5.66 Å². The van der Waals surface area contributed by atoms with E-state index in [1.807, 2.05) is 41.8 Å². The Morgan fingerprint density at radius 1 is 1.00 bits per heavy atom. The van der Waals surface area contributed by atoms with Gasteiger partial charge in [-0.1, -0.05) is 24.3 Å². The van der Waals surface area contributed by atoms with E-state index in [-0.39, 0.29) is 17.6 Å². The maximum atomic E-state index is 13.4. The molecular weight excluding hydrogens is 363 g/mol. The highest BCUT2D eigenvalue weighted by molar-refractivity contribution is 7.10. The lowest BCUT2D eigenvalue weighted by Gasteiger charge is -2.39. The molecule has 1 saturated heterocycles. The number of hydrogen-bond donors (Lipinski definition) is 0. The van der Waals surface area contributed by atoms with Gasteiger partial charge in [0.25, 0.3) is 11.8 Å². The molecule has 0 spiro atoms. The molecule has 0 N–H and O–H groups in total. The molecule has 0 radical (unpaired) electrons. The van der Waals surface area contributed by atoms with Crippen LogP contribution in [0.4, 0.5) is 4.39 Å². The quantitative estimate of drug-likeness (QED) is 0.682. The van der Waals surface area contributed by atoms with E-state index in [9.17, 15) is 14.0 Å². The third-order valence-electron chi connectivity index (χ3n) is 5.31. The van der Waals surface area contributed by atoms with Crippen LogP contribution in [0.25, 0.3) is 0 Å². The summed E-state index contributed by atoms with van der Waals surface area (Å²) in [7, 11) is 0. The fraction of sp³-hybridized carbons (Fsp3) is 0.143. The van der Waals surface area contributed by atoms with Gasteiger partial charge < -0.3 is 9.80 Å². The molecule has 134 valence electrons. The Morgan fingerprint density at radius 3 is 2.52 bits per heavy atom. The van der Waals surface area contributed by atoms with E-state index in [2.05, 4.69) is 0 Å². The molecule has 1 fully saturated rings. The van der Waals surface area contributed by atoms with Crippen molar-refractivity contribution < 1.29 is 14.0 Å². The topological polar surface area (TPSA) is 40.6 Å². The first kappa shape index (κ1) is 16.2. The number of amides is 2. The Bertz CT molecular complexity index is 1050. The van der Waals surface area contributed by atoms with Crippen LogP contribution in [0.1, 0.15) is 31.2 Å². The molecule has 27 heavy (non-hydrogen) atoms. The molecule has 3 aromatic rings. The van der Waals surface area contributed by atoms with E-state index in [1.165, 1.54) is 35.6 Å². The molecule has 2 aliphatic rings. The molecule has 2 amide bonds. The number of rotatable bonds is 2. The standard InChI is InChI=1S/C21H15FN2O2S/c22-15-9-7-14(8-10-15)19(25)23-11-12-24-20(26)16-4-1-2-5-17(16)21(23,24)18-6-3-13-27-18/h1-10,13H,11-12H2. The second kappa shape index (κ2) is 5.76. The molecular formula is C21H15FN2O2S. The number of benzene rings is 2. The zero-order chi connectivity index (χ0) is 18.6. The molecule has 1 atom stereocenters. The third kappa shape index (κ3) is 2.07. The van der Waals surface area contributed by atoms with Gasteiger partial charge in [-0.2, -0.15) is 0 Å². The summed E-state index contributed by atoms with van der Waals surface area (Å²) in [5.41, 5.74) is 0.923. The molecule has 4 nitrogen and oxygen atoms in total. The second-order valence-corrected chi connectivity index (χ2v) is 7.56. The fourth-order valence-electron chi connectivity index (χ4n) is 4.20. The van der Waals surface area contributed by atoms with Gasteiger partial charge in [-0.15, -0.1) is 11.3 Å². The zero-order valence-electron chi connectivity index (χ0n) is 14.3. The van der Waals surface area contributed by atoms with Crippen LogP contribution in [0, 0.1) is 5.82 Å². The highest BCUT2D eigenvalue weighted by Gasteiger charge is 2.60. The predicted octanol–water partition coefficient (Wildman–Crippen LogP) is 3.70. The first-order chi connectivity index (χ1) is 13.1. The molecule has 2 aromatic carbocycles. The van der Waals surface area contributed by atoms with E-state index < -0.39 is 5.66 Å². The lowest BCUT2D eigenvalue weighted by molar-refractivity contribution is 0.0387. The Morgan fingerprint density at radius 2 is 1.78 bits per heavy atom. The third-order valence-corrected chi connectivity index (χ3v) is 6.28. The van der Waals surface area contributed by atoms with Crippen LogP contribution >= 0.6 is 11.3 Å². The minimum absolute atomic E-state index is 0.0617. The number of carbonyl (C=O) groups excluding carboxylic acids is 2. The second-order valence-electron chi connectivity index (χ2n) is 6.62. The number of carbonyl (C=O) groups is 2. The van der Waals surface area contributed by atoms with Gasteiger partial charge in [-0.3, -0.25) is 9.59 Å². The van der Waals surface area contributed by atoms with Gasteiger partial charge in [-0.25, -0.2) is 4.39 Å². The molecule has 2 aliphatic heterocycles. The fourth-order valence-corrected chi connectivity index (χ4v) is 5.16. The minimum Gasteiger partial charge on any atom is -0.305 e. The minimum atomic E-state index is -0.937. The van der Waals surface area contributed by atoms with Gasteiger partial charge in [0.1, 0.15) is 5.82 Å². The summed E-state index contributed by atoms with van der Waals surface area (Å²) in [6.45, 7) is 0.881. The van der Waals surface area contributed by atoms with Crippen LogP contribution in [0.15, 0.2) is 66.0 Å². The highest BCUT2D eigenvalue weighted by atomic mass is 32.1. The molecule has 0 aliphatic carbocycles. The average molecular weight is 378 g/mol.